The van der Waals surface area contributed by atoms with Crippen molar-refractivity contribution < 1.29 is 4.79 Å². The number of para-hydroxylation sites is 1. The van der Waals surface area contributed by atoms with E-state index in [1.54, 1.807) is 11.3 Å². The van der Waals surface area contributed by atoms with E-state index < -0.39 is 0 Å². The number of hydrogen-bond donors (Lipinski definition) is 1. The van der Waals surface area contributed by atoms with E-state index in [1.807, 2.05) is 54.6 Å². The van der Waals surface area contributed by atoms with E-state index in [-0.39, 0.29) is 5.91 Å². The number of carbonyl (C=O) groups is 1. The van der Waals surface area contributed by atoms with Gasteiger partial charge in [0, 0.05) is 35.3 Å². The Hall–Kier alpha value is -1.95. The molecule has 0 aliphatic carbocycles. The highest BCUT2D eigenvalue weighted by Gasteiger charge is 2.13. The third-order valence-electron chi connectivity index (χ3n) is 3.99. The molecule has 5 heteroatoms. The number of anilines is 1. The Morgan fingerprint density at radius 3 is 2.31 bits per heavy atom. The monoisotopic (exact) mass is 485 g/mol. The molecule has 0 saturated carbocycles. The first-order valence-corrected chi connectivity index (χ1v) is 10.4. The Bertz CT molecular complexity index is 1070. The van der Waals surface area contributed by atoms with Crippen molar-refractivity contribution in [3.63, 3.8) is 0 Å². The summed E-state index contributed by atoms with van der Waals surface area (Å²) < 4.78 is 2.95. The van der Waals surface area contributed by atoms with Crippen LogP contribution in [-0.2, 0) is 0 Å². The van der Waals surface area contributed by atoms with Gasteiger partial charge in [0.2, 0.25) is 0 Å². The van der Waals surface area contributed by atoms with Crippen molar-refractivity contribution >= 4 is 64.9 Å². The van der Waals surface area contributed by atoms with Crippen molar-refractivity contribution in [2.24, 2.45) is 0 Å². The summed E-state index contributed by atoms with van der Waals surface area (Å²) in [4.78, 5) is 13.9. The lowest BCUT2D eigenvalue weighted by atomic mass is 10.1. The number of thiophene rings is 1. The van der Waals surface area contributed by atoms with E-state index >= 15 is 0 Å². The molecule has 0 aliphatic heterocycles. The van der Waals surface area contributed by atoms with Crippen LogP contribution < -0.4 is 5.32 Å². The van der Waals surface area contributed by atoms with Crippen molar-refractivity contribution in [1.82, 2.24) is 0 Å². The minimum atomic E-state index is -0.138. The topological polar surface area (TPSA) is 29.1 Å². The highest BCUT2D eigenvalue weighted by atomic mass is 79.9. The average molecular weight is 487 g/mol. The lowest BCUT2D eigenvalue weighted by Gasteiger charge is -2.10. The molecule has 2 nitrogen and oxygen atoms in total. The summed E-state index contributed by atoms with van der Waals surface area (Å²) in [7, 11) is 0. The summed E-state index contributed by atoms with van der Waals surface area (Å²) in [6.45, 7) is 0. The SMILES string of the molecule is O=C(Nc1ccccc1-c1cc2ccccc2s1)c1cc(Br)cc(Br)c1. The van der Waals surface area contributed by atoms with E-state index in [1.165, 1.54) is 10.1 Å². The van der Waals surface area contributed by atoms with Gasteiger partial charge in [-0.05, 0) is 41.8 Å². The van der Waals surface area contributed by atoms with E-state index in [4.69, 9.17) is 0 Å². The summed E-state index contributed by atoms with van der Waals surface area (Å²) in [5.74, 6) is -0.138. The molecule has 0 saturated heterocycles. The van der Waals surface area contributed by atoms with Crippen LogP contribution in [0.5, 0.6) is 0 Å². The largest absolute Gasteiger partial charge is 0.321 e. The summed E-state index contributed by atoms with van der Waals surface area (Å²) >= 11 is 8.58. The van der Waals surface area contributed by atoms with Crippen molar-refractivity contribution in [2.45, 2.75) is 0 Å². The average Bonchev–Trinajstić information content (AvgIpc) is 3.05. The third kappa shape index (κ3) is 3.61. The maximum absolute atomic E-state index is 12.7. The predicted octanol–water partition coefficient (Wildman–Crippen LogP) is 7.35. The maximum atomic E-state index is 12.7. The summed E-state index contributed by atoms with van der Waals surface area (Å²) in [5.41, 5.74) is 2.42. The molecule has 26 heavy (non-hydrogen) atoms. The van der Waals surface area contributed by atoms with Crippen LogP contribution in [0.3, 0.4) is 0 Å². The van der Waals surface area contributed by atoms with Crippen LogP contribution in [0.1, 0.15) is 10.4 Å². The Morgan fingerprint density at radius 2 is 1.54 bits per heavy atom. The van der Waals surface area contributed by atoms with Crippen LogP contribution in [-0.4, -0.2) is 5.91 Å². The van der Waals surface area contributed by atoms with E-state index in [0.717, 1.165) is 25.1 Å². The molecule has 0 bridgehead atoms. The molecule has 0 atom stereocenters. The second-order valence-electron chi connectivity index (χ2n) is 5.81. The minimum absolute atomic E-state index is 0.138. The van der Waals surface area contributed by atoms with Gasteiger partial charge in [-0.2, -0.15) is 0 Å². The number of amides is 1. The smallest absolute Gasteiger partial charge is 0.255 e. The molecular weight excluding hydrogens is 474 g/mol. The maximum Gasteiger partial charge on any atom is 0.255 e. The number of fused-ring (bicyclic) bond motifs is 1. The van der Waals surface area contributed by atoms with E-state index in [9.17, 15) is 4.79 Å². The Balaban J connectivity index is 1.70. The van der Waals surface area contributed by atoms with E-state index in [0.29, 0.717) is 5.56 Å². The second-order valence-corrected chi connectivity index (χ2v) is 8.72. The quantitative estimate of drug-likeness (QED) is 0.322. The summed E-state index contributed by atoms with van der Waals surface area (Å²) in [6, 6.07) is 23.9. The molecule has 3 aromatic carbocycles. The van der Waals surface area contributed by atoms with Gasteiger partial charge in [0.25, 0.3) is 5.91 Å². The van der Waals surface area contributed by atoms with Gasteiger partial charge in [0.1, 0.15) is 0 Å². The van der Waals surface area contributed by atoms with Crippen LogP contribution in [0, 0.1) is 0 Å². The lowest BCUT2D eigenvalue weighted by molar-refractivity contribution is 0.102. The van der Waals surface area contributed by atoms with Crippen LogP contribution in [0.15, 0.2) is 81.7 Å². The first-order valence-electron chi connectivity index (χ1n) is 7.95. The Labute approximate surface area is 172 Å². The van der Waals surface area contributed by atoms with Crippen LogP contribution >= 0.6 is 43.2 Å². The molecule has 0 fully saturated rings. The van der Waals surface area contributed by atoms with Crippen molar-refractivity contribution in [2.75, 3.05) is 5.32 Å². The molecule has 1 heterocycles. The molecule has 0 aliphatic rings. The van der Waals surface area contributed by atoms with Crippen molar-refractivity contribution in [3.8, 4) is 10.4 Å². The van der Waals surface area contributed by atoms with Gasteiger partial charge in [-0.15, -0.1) is 11.3 Å². The normalized spacial score (nSPS) is 10.8. The predicted molar refractivity (Wildman–Crippen MR) is 117 cm³/mol. The minimum Gasteiger partial charge on any atom is -0.321 e. The summed E-state index contributed by atoms with van der Waals surface area (Å²) in [5, 5.41) is 4.26. The number of halogens is 2. The number of rotatable bonds is 3. The highest BCUT2D eigenvalue weighted by molar-refractivity contribution is 9.11. The fraction of sp³-hybridized carbons (Fsp3) is 0. The second kappa shape index (κ2) is 7.35. The molecule has 128 valence electrons. The molecule has 1 amide bonds. The van der Waals surface area contributed by atoms with Gasteiger partial charge in [-0.1, -0.05) is 68.3 Å². The fourth-order valence-electron chi connectivity index (χ4n) is 2.80. The zero-order valence-corrected chi connectivity index (χ0v) is 17.5. The summed E-state index contributed by atoms with van der Waals surface area (Å²) in [6.07, 6.45) is 0. The van der Waals surface area contributed by atoms with Crippen LogP contribution in [0.25, 0.3) is 20.5 Å². The van der Waals surface area contributed by atoms with Gasteiger partial charge in [-0.25, -0.2) is 0 Å². The van der Waals surface area contributed by atoms with Crippen molar-refractivity contribution in [3.05, 3.63) is 87.3 Å². The van der Waals surface area contributed by atoms with Crippen molar-refractivity contribution in [1.29, 1.82) is 0 Å². The Kier molecular flexibility index (Phi) is 4.94. The molecule has 0 unspecified atom stereocenters. The molecule has 4 aromatic rings. The van der Waals surface area contributed by atoms with Crippen LogP contribution in [0.4, 0.5) is 5.69 Å². The lowest BCUT2D eigenvalue weighted by Crippen LogP contribution is -2.12. The van der Waals surface area contributed by atoms with Gasteiger partial charge < -0.3 is 5.32 Å². The fourth-order valence-corrected chi connectivity index (χ4v) is 5.20. The zero-order chi connectivity index (χ0) is 18.1. The number of carbonyl (C=O) groups excluding carboxylic acids is 1. The molecule has 0 spiro atoms. The molecule has 0 radical (unpaired) electrons. The molecule has 1 N–H and O–H groups in total. The first kappa shape index (κ1) is 17.5. The molecule has 1 aromatic heterocycles. The Morgan fingerprint density at radius 1 is 0.846 bits per heavy atom. The molecule has 4 rings (SSSR count). The van der Waals surface area contributed by atoms with Gasteiger partial charge in [0.05, 0.1) is 0 Å². The van der Waals surface area contributed by atoms with Crippen LogP contribution in [0.2, 0.25) is 0 Å². The third-order valence-corrected chi connectivity index (χ3v) is 6.06. The number of nitrogens with one attached hydrogen (secondary N) is 1. The molecular formula is C21H13Br2NOS. The zero-order valence-electron chi connectivity index (χ0n) is 13.5. The van der Waals surface area contributed by atoms with Gasteiger partial charge >= 0.3 is 0 Å². The van der Waals surface area contributed by atoms with E-state index in [2.05, 4.69) is 55.4 Å². The number of hydrogen-bond acceptors (Lipinski definition) is 2. The standard InChI is InChI=1S/C21H13Br2NOS/c22-15-9-14(10-16(23)12-15)21(25)24-18-7-3-2-6-17(18)20-11-13-5-1-4-8-19(13)26-20/h1-12H,(H,24,25). The first-order chi connectivity index (χ1) is 12.6. The van der Waals surface area contributed by atoms with Gasteiger partial charge in [0.15, 0.2) is 0 Å². The highest BCUT2D eigenvalue weighted by Crippen LogP contribution is 2.37. The number of benzene rings is 3. The van der Waals surface area contributed by atoms with Gasteiger partial charge in [-0.3, -0.25) is 4.79 Å².